The molecule has 1 heterocycles. The molecule has 3 heteroatoms. The molecule has 1 aromatic carbocycles. The Morgan fingerprint density at radius 2 is 2.29 bits per heavy atom. The number of carbonyl (C=O) groups is 1. The van der Waals surface area contributed by atoms with E-state index < -0.39 is 0 Å². The van der Waals surface area contributed by atoms with Crippen molar-refractivity contribution < 1.29 is 4.79 Å². The van der Waals surface area contributed by atoms with Crippen molar-refractivity contribution in [3.8, 4) is 0 Å². The zero-order valence-corrected chi connectivity index (χ0v) is 8.29. The topological polar surface area (TPSA) is 32.3 Å². The highest BCUT2D eigenvalue weighted by Crippen LogP contribution is 2.14. The van der Waals surface area contributed by atoms with Crippen molar-refractivity contribution in [2.75, 3.05) is 12.0 Å². The summed E-state index contributed by atoms with van der Waals surface area (Å²) in [6, 6.07) is 8.03. The van der Waals surface area contributed by atoms with Crippen molar-refractivity contribution in [2.24, 2.45) is 0 Å². The van der Waals surface area contributed by atoms with Crippen LogP contribution in [0, 0.1) is 6.92 Å². The van der Waals surface area contributed by atoms with Gasteiger partial charge in [-0.2, -0.15) is 0 Å². The number of hydrazine groups is 1. The van der Waals surface area contributed by atoms with Crippen LogP contribution in [0.3, 0.4) is 0 Å². The molecule has 0 unspecified atom stereocenters. The fourth-order valence-electron chi connectivity index (χ4n) is 1.64. The van der Waals surface area contributed by atoms with E-state index in [1.165, 1.54) is 5.56 Å². The van der Waals surface area contributed by atoms with E-state index in [4.69, 9.17) is 0 Å². The molecule has 0 atom stereocenters. The van der Waals surface area contributed by atoms with E-state index in [0.29, 0.717) is 6.42 Å². The first kappa shape index (κ1) is 9.06. The molecule has 0 aromatic heterocycles. The van der Waals surface area contributed by atoms with Crippen molar-refractivity contribution in [3.05, 3.63) is 29.8 Å². The van der Waals surface area contributed by atoms with Crippen LogP contribution < -0.4 is 5.43 Å². The number of hydrogen-bond donors (Lipinski definition) is 1. The van der Waals surface area contributed by atoms with Crippen LogP contribution in [0.25, 0.3) is 0 Å². The summed E-state index contributed by atoms with van der Waals surface area (Å²) in [4.78, 5) is 11.3. The lowest BCUT2D eigenvalue weighted by molar-refractivity contribution is -0.126. The Balaban J connectivity index is 2.07. The Kier molecular flexibility index (Phi) is 2.39. The summed E-state index contributed by atoms with van der Waals surface area (Å²) in [5.74, 6) is 0.187. The van der Waals surface area contributed by atoms with Gasteiger partial charge < -0.3 is 0 Å². The Labute approximate surface area is 83.7 Å². The van der Waals surface area contributed by atoms with E-state index in [1.807, 2.05) is 31.2 Å². The minimum absolute atomic E-state index is 0.187. The van der Waals surface area contributed by atoms with Crippen LogP contribution in [0.2, 0.25) is 0 Å². The van der Waals surface area contributed by atoms with Crippen molar-refractivity contribution >= 4 is 11.6 Å². The molecule has 0 bridgehead atoms. The number of nitrogens with one attached hydrogen (secondary N) is 1. The summed E-state index contributed by atoms with van der Waals surface area (Å²) in [5, 5.41) is 1.69. The number of aryl methyl sites for hydroxylation is 1. The highest BCUT2D eigenvalue weighted by molar-refractivity contribution is 5.79. The van der Waals surface area contributed by atoms with E-state index in [-0.39, 0.29) is 5.91 Å². The zero-order chi connectivity index (χ0) is 9.97. The lowest BCUT2D eigenvalue weighted by Gasteiger charge is -2.18. The van der Waals surface area contributed by atoms with Gasteiger partial charge in [0.15, 0.2) is 0 Å². The van der Waals surface area contributed by atoms with Gasteiger partial charge >= 0.3 is 0 Å². The number of hydrogen-bond acceptors (Lipinski definition) is 2. The maximum atomic E-state index is 11.3. The molecule has 2 rings (SSSR count). The summed E-state index contributed by atoms with van der Waals surface area (Å²) in [6.45, 7) is 2.85. The molecular formula is C11H14N2O. The number of benzene rings is 1. The summed E-state index contributed by atoms with van der Waals surface area (Å²) in [5.41, 5.74) is 5.30. The van der Waals surface area contributed by atoms with Crippen LogP contribution in [-0.2, 0) is 4.79 Å². The first-order valence-corrected chi connectivity index (χ1v) is 4.89. The Morgan fingerprint density at radius 1 is 1.43 bits per heavy atom. The molecule has 0 radical (unpaired) electrons. The normalized spacial score (nSPS) is 16.1. The van der Waals surface area contributed by atoms with Gasteiger partial charge in [0.05, 0.1) is 5.69 Å². The third-order valence-electron chi connectivity index (χ3n) is 2.36. The molecule has 1 aliphatic rings. The first-order valence-electron chi connectivity index (χ1n) is 4.89. The molecule has 1 saturated heterocycles. The van der Waals surface area contributed by atoms with E-state index in [9.17, 15) is 4.79 Å². The molecule has 1 fully saturated rings. The lowest BCUT2D eigenvalue weighted by atomic mass is 10.2. The molecule has 0 spiro atoms. The summed E-state index contributed by atoms with van der Waals surface area (Å²) >= 11 is 0. The van der Waals surface area contributed by atoms with Crippen molar-refractivity contribution in [2.45, 2.75) is 19.8 Å². The van der Waals surface area contributed by atoms with Crippen LogP contribution in [-0.4, -0.2) is 17.5 Å². The second kappa shape index (κ2) is 3.70. The number of carbonyl (C=O) groups excluding carboxylic acids is 1. The van der Waals surface area contributed by atoms with Gasteiger partial charge in [0.25, 0.3) is 0 Å². The van der Waals surface area contributed by atoms with E-state index in [0.717, 1.165) is 18.7 Å². The molecular weight excluding hydrogens is 176 g/mol. The predicted octanol–water partition coefficient (Wildman–Crippen LogP) is 1.94. The van der Waals surface area contributed by atoms with Crippen molar-refractivity contribution in [1.82, 2.24) is 5.01 Å². The Morgan fingerprint density at radius 3 is 2.93 bits per heavy atom. The second-order valence-electron chi connectivity index (χ2n) is 3.63. The first-order chi connectivity index (χ1) is 6.75. The monoisotopic (exact) mass is 190 g/mol. The molecule has 1 aliphatic heterocycles. The quantitative estimate of drug-likeness (QED) is 0.773. The standard InChI is InChI=1S/C11H14N2O/c1-9-4-2-5-10(8-9)12-13-7-3-6-11(13)14/h2,4-5,8,12H,3,6-7H2,1H3. The third kappa shape index (κ3) is 1.87. The number of anilines is 1. The highest BCUT2D eigenvalue weighted by Gasteiger charge is 2.19. The minimum atomic E-state index is 0.187. The highest BCUT2D eigenvalue weighted by atomic mass is 16.2. The molecule has 0 aliphatic carbocycles. The fraction of sp³-hybridized carbons (Fsp3) is 0.364. The molecule has 1 aromatic rings. The largest absolute Gasteiger partial charge is 0.296 e. The second-order valence-corrected chi connectivity index (χ2v) is 3.63. The van der Waals surface area contributed by atoms with Crippen LogP contribution in [0.15, 0.2) is 24.3 Å². The number of amides is 1. The SMILES string of the molecule is Cc1cccc(NN2CCCC2=O)c1. The van der Waals surface area contributed by atoms with E-state index in [2.05, 4.69) is 5.43 Å². The lowest BCUT2D eigenvalue weighted by Crippen LogP contribution is -2.30. The van der Waals surface area contributed by atoms with Gasteiger partial charge in [0, 0.05) is 13.0 Å². The van der Waals surface area contributed by atoms with Crippen LogP contribution in [0.4, 0.5) is 5.69 Å². The van der Waals surface area contributed by atoms with Gasteiger partial charge in [-0.1, -0.05) is 12.1 Å². The van der Waals surface area contributed by atoms with Crippen molar-refractivity contribution in [3.63, 3.8) is 0 Å². The maximum Gasteiger partial charge on any atom is 0.240 e. The molecule has 1 N–H and O–H groups in total. The molecule has 3 nitrogen and oxygen atoms in total. The third-order valence-corrected chi connectivity index (χ3v) is 2.36. The number of rotatable bonds is 2. The van der Waals surface area contributed by atoms with Gasteiger partial charge in [0.1, 0.15) is 0 Å². The summed E-state index contributed by atoms with van der Waals surface area (Å²) in [7, 11) is 0. The average Bonchev–Trinajstić information content (AvgIpc) is 2.52. The van der Waals surface area contributed by atoms with Gasteiger partial charge in [0.2, 0.25) is 5.91 Å². The van der Waals surface area contributed by atoms with Gasteiger partial charge in [-0.25, -0.2) is 0 Å². The Hall–Kier alpha value is -1.51. The van der Waals surface area contributed by atoms with Gasteiger partial charge in [-0.3, -0.25) is 15.2 Å². The van der Waals surface area contributed by atoms with Gasteiger partial charge in [-0.15, -0.1) is 0 Å². The summed E-state index contributed by atoms with van der Waals surface area (Å²) in [6.07, 6.45) is 1.62. The average molecular weight is 190 g/mol. The molecule has 1 amide bonds. The summed E-state index contributed by atoms with van der Waals surface area (Å²) < 4.78 is 0. The molecule has 74 valence electrons. The van der Waals surface area contributed by atoms with Crippen molar-refractivity contribution in [1.29, 1.82) is 0 Å². The maximum absolute atomic E-state index is 11.3. The van der Waals surface area contributed by atoms with Gasteiger partial charge in [-0.05, 0) is 31.0 Å². The van der Waals surface area contributed by atoms with Crippen LogP contribution in [0.5, 0.6) is 0 Å². The van der Waals surface area contributed by atoms with E-state index >= 15 is 0 Å². The van der Waals surface area contributed by atoms with Crippen LogP contribution in [0.1, 0.15) is 18.4 Å². The molecule has 14 heavy (non-hydrogen) atoms. The molecule has 0 saturated carbocycles. The number of nitrogens with zero attached hydrogens (tertiary/aromatic N) is 1. The Bertz CT molecular complexity index is 349. The smallest absolute Gasteiger partial charge is 0.240 e. The zero-order valence-electron chi connectivity index (χ0n) is 8.29. The fourth-order valence-corrected chi connectivity index (χ4v) is 1.64. The van der Waals surface area contributed by atoms with E-state index in [1.54, 1.807) is 5.01 Å². The minimum Gasteiger partial charge on any atom is -0.296 e. The predicted molar refractivity (Wildman–Crippen MR) is 55.7 cm³/mol. The van der Waals surface area contributed by atoms with Crippen LogP contribution >= 0.6 is 0 Å².